The molecule has 0 aliphatic carbocycles. The minimum absolute atomic E-state index is 0. The summed E-state index contributed by atoms with van der Waals surface area (Å²) in [5.74, 6) is 0.0435. The second-order valence-electron chi connectivity index (χ2n) is 5.65. The predicted octanol–water partition coefficient (Wildman–Crippen LogP) is -0.579. The molecule has 3 aliphatic heterocycles. The molecule has 2 saturated heterocycles. The summed E-state index contributed by atoms with van der Waals surface area (Å²) in [6.45, 7) is 3.69. The lowest BCUT2D eigenvalue weighted by Crippen LogP contribution is -2.56. The van der Waals surface area contributed by atoms with Crippen molar-refractivity contribution in [2.45, 2.75) is 18.9 Å². The molecule has 0 radical (unpaired) electrons. The van der Waals surface area contributed by atoms with Gasteiger partial charge in [-0.3, -0.25) is 10.1 Å². The Labute approximate surface area is 137 Å². The first-order chi connectivity index (χ1) is 10.1. The van der Waals surface area contributed by atoms with Crippen LogP contribution in [-0.4, -0.2) is 79.7 Å². The molecule has 2 fully saturated rings. The molecule has 1 unspecified atom stereocenters. The summed E-state index contributed by atoms with van der Waals surface area (Å²) in [7, 11) is -3.33. The van der Waals surface area contributed by atoms with Crippen molar-refractivity contribution in [3.05, 3.63) is 12.2 Å². The molecule has 0 spiro atoms. The maximum Gasteiger partial charge on any atom is 0.282 e. The van der Waals surface area contributed by atoms with Crippen LogP contribution >= 0.6 is 12.4 Å². The van der Waals surface area contributed by atoms with E-state index in [1.165, 1.54) is 4.31 Å². The van der Waals surface area contributed by atoms with Gasteiger partial charge in [0.05, 0.1) is 0 Å². The minimum Gasteiger partial charge on any atom is -0.338 e. The normalized spacial score (nSPS) is 27.1. The Hall–Kier alpha value is -0.670. The smallest absolute Gasteiger partial charge is 0.282 e. The maximum atomic E-state index is 12.4. The molecule has 9 heteroatoms. The molecule has 1 N–H and O–H groups in total. The highest BCUT2D eigenvalue weighted by Gasteiger charge is 2.35. The van der Waals surface area contributed by atoms with E-state index in [0.717, 1.165) is 19.4 Å². The number of rotatable bonds is 3. The number of carbonyl (C=O) groups excluding carboxylic acids is 1. The number of nitrogens with one attached hydrogen (secondary N) is 1. The van der Waals surface area contributed by atoms with Gasteiger partial charge in [-0.25, -0.2) is 0 Å². The average molecular weight is 351 g/mol. The standard InChI is InChI=1S/C13H22N4O3S.ClH/c18-13(12-4-3-5-14-12)15-8-10-17(11-9-15)21(19,20)16-6-1-2-7-16;/h3-4,12,14H,1-2,5-11H2;1H. The molecule has 1 atom stereocenters. The molecule has 0 bridgehead atoms. The van der Waals surface area contributed by atoms with E-state index in [0.29, 0.717) is 39.3 Å². The zero-order valence-corrected chi connectivity index (χ0v) is 14.1. The molecular weight excluding hydrogens is 328 g/mol. The lowest BCUT2D eigenvalue weighted by atomic mass is 10.2. The number of piperazine rings is 1. The third-order valence-electron chi connectivity index (χ3n) is 4.32. The molecule has 0 aromatic rings. The van der Waals surface area contributed by atoms with E-state index in [1.54, 1.807) is 9.21 Å². The summed E-state index contributed by atoms with van der Waals surface area (Å²) in [5.41, 5.74) is 0. The Morgan fingerprint density at radius 1 is 1.00 bits per heavy atom. The van der Waals surface area contributed by atoms with Crippen molar-refractivity contribution in [3.63, 3.8) is 0 Å². The van der Waals surface area contributed by atoms with E-state index in [1.807, 2.05) is 12.2 Å². The van der Waals surface area contributed by atoms with Crippen LogP contribution in [-0.2, 0) is 15.0 Å². The zero-order valence-electron chi connectivity index (χ0n) is 12.5. The van der Waals surface area contributed by atoms with Crippen molar-refractivity contribution in [2.75, 3.05) is 45.8 Å². The first kappa shape index (κ1) is 17.7. The molecular formula is C13H23ClN4O3S. The molecule has 22 heavy (non-hydrogen) atoms. The van der Waals surface area contributed by atoms with Crippen molar-refractivity contribution in [3.8, 4) is 0 Å². The molecule has 7 nitrogen and oxygen atoms in total. The van der Waals surface area contributed by atoms with Crippen LogP contribution in [0.25, 0.3) is 0 Å². The molecule has 0 saturated carbocycles. The molecule has 3 aliphatic rings. The van der Waals surface area contributed by atoms with Gasteiger partial charge in [-0.15, -0.1) is 12.4 Å². The average Bonchev–Trinajstić information content (AvgIpc) is 3.19. The van der Waals surface area contributed by atoms with Crippen LogP contribution in [0.3, 0.4) is 0 Å². The van der Waals surface area contributed by atoms with Crippen molar-refractivity contribution >= 4 is 28.5 Å². The lowest BCUT2D eigenvalue weighted by Gasteiger charge is -2.36. The van der Waals surface area contributed by atoms with E-state index in [-0.39, 0.29) is 24.4 Å². The Morgan fingerprint density at radius 2 is 1.59 bits per heavy atom. The highest BCUT2D eigenvalue weighted by molar-refractivity contribution is 7.86. The Balaban J connectivity index is 0.00000176. The highest BCUT2D eigenvalue weighted by Crippen LogP contribution is 2.18. The Bertz CT molecular complexity index is 525. The van der Waals surface area contributed by atoms with Gasteiger partial charge in [0.2, 0.25) is 5.91 Å². The van der Waals surface area contributed by atoms with Crippen LogP contribution in [0.5, 0.6) is 0 Å². The van der Waals surface area contributed by atoms with E-state index in [2.05, 4.69) is 5.32 Å². The van der Waals surface area contributed by atoms with Crippen molar-refractivity contribution in [1.82, 2.24) is 18.8 Å². The van der Waals surface area contributed by atoms with Gasteiger partial charge in [0, 0.05) is 45.8 Å². The topological polar surface area (TPSA) is 73.0 Å². The van der Waals surface area contributed by atoms with Crippen molar-refractivity contribution in [1.29, 1.82) is 0 Å². The third-order valence-corrected chi connectivity index (χ3v) is 6.35. The third kappa shape index (κ3) is 3.46. The van der Waals surface area contributed by atoms with Gasteiger partial charge in [-0.1, -0.05) is 12.2 Å². The summed E-state index contributed by atoms with van der Waals surface area (Å²) in [5, 5.41) is 3.10. The minimum atomic E-state index is -3.33. The van der Waals surface area contributed by atoms with Crippen LogP contribution in [0.1, 0.15) is 12.8 Å². The Morgan fingerprint density at radius 3 is 2.14 bits per heavy atom. The lowest BCUT2D eigenvalue weighted by molar-refractivity contribution is -0.133. The second kappa shape index (κ2) is 7.27. The molecule has 3 rings (SSSR count). The quantitative estimate of drug-likeness (QED) is 0.691. The summed E-state index contributed by atoms with van der Waals surface area (Å²) in [6, 6.07) is -0.244. The van der Waals surface area contributed by atoms with Gasteiger partial charge in [0.15, 0.2) is 0 Å². The molecule has 3 heterocycles. The van der Waals surface area contributed by atoms with Gasteiger partial charge < -0.3 is 4.90 Å². The fraction of sp³-hybridized carbons (Fsp3) is 0.769. The van der Waals surface area contributed by atoms with Crippen LogP contribution < -0.4 is 5.32 Å². The van der Waals surface area contributed by atoms with Crippen LogP contribution in [0.15, 0.2) is 12.2 Å². The van der Waals surface area contributed by atoms with Gasteiger partial charge in [-0.2, -0.15) is 17.0 Å². The largest absolute Gasteiger partial charge is 0.338 e. The van der Waals surface area contributed by atoms with E-state index >= 15 is 0 Å². The van der Waals surface area contributed by atoms with Crippen LogP contribution in [0.4, 0.5) is 0 Å². The number of nitrogens with zero attached hydrogens (tertiary/aromatic N) is 3. The van der Waals surface area contributed by atoms with Gasteiger partial charge >= 0.3 is 0 Å². The van der Waals surface area contributed by atoms with Crippen LogP contribution in [0.2, 0.25) is 0 Å². The highest BCUT2D eigenvalue weighted by atomic mass is 35.5. The monoisotopic (exact) mass is 350 g/mol. The molecule has 0 aromatic carbocycles. The van der Waals surface area contributed by atoms with E-state index < -0.39 is 10.2 Å². The van der Waals surface area contributed by atoms with Gasteiger partial charge in [0.1, 0.15) is 6.04 Å². The van der Waals surface area contributed by atoms with Gasteiger partial charge in [0.25, 0.3) is 10.2 Å². The molecule has 126 valence electrons. The number of amides is 1. The summed E-state index contributed by atoms with van der Waals surface area (Å²) >= 11 is 0. The fourth-order valence-electron chi connectivity index (χ4n) is 3.05. The van der Waals surface area contributed by atoms with Crippen LogP contribution in [0, 0.1) is 0 Å². The zero-order chi connectivity index (χ0) is 14.9. The second-order valence-corrected chi connectivity index (χ2v) is 7.58. The summed E-state index contributed by atoms with van der Waals surface area (Å²) in [4.78, 5) is 14.0. The summed E-state index contributed by atoms with van der Waals surface area (Å²) in [6.07, 6.45) is 5.70. The Kier molecular flexibility index (Phi) is 5.84. The number of hydrogen-bond donors (Lipinski definition) is 1. The SMILES string of the molecule is Cl.O=C(C1C=CCN1)N1CCN(S(=O)(=O)N2CCCC2)CC1. The van der Waals surface area contributed by atoms with E-state index in [9.17, 15) is 13.2 Å². The predicted molar refractivity (Wildman–Crippen MR) is 86.1 cm³/mol. The number of carbonyl (C=O) groups is 1. The van der Waals surface area contributed by atoms with Gasteiger partial charge in [-0.05, 0) is 12.8 Å². The summed E-state index contributed by atoms with van der Waals surface area (Å²) < 4.78 is 28.0. The van der Waals surface area contributed by atoms with Crippen molar-refractivity contribution < 1.29 is 13.2 Å². The van der Waals surface area contributed by atoms with E-state index in [4.69, 9.17) is 0 Å². The molecule has 0 aromatic heterocycles. The number of hydrogen-bond acceptors (Lipinski definition) is 4. The fourth-order valence-corrected chi connectivity index (χ4v) is 4.73. The maximum absolute atomic E-state index is 12.4. The number of halogens is 1. The first-order valence-corrected chi connectivity index (χ1v) is 8.93. The first-order valence-electron chi connectivity index (χ1n) is 7.53. The molecule has 1 amide bonds. The van der Waals surface area contributed by atoms with Crippen molar-refractivity contribution in [2.24, 2.45) is 0 Å².